The SMILES string of the molecule is NCc1ccc(CSc2nnnn2C2CCCC2)c(F)c1. The monoisotopic (exact) mass is 307 g/mol. The number of benzene rings is 1. The molecule has 0 bridgehead atoms. The minimum Gasteiger partial charge on any atom is -0.326 e. The number of hydrogen-bond donors (Lipinski definition) is 1. The molecule has 0 spiro atoms. The second kappa shape index (κ2) is 6.53. The number of aromatic nitrogens is 4. The zero-order valence-corrected chi connectivity index (χ0v) is 12.5. The van der Waals surface area contributed by atoms with Gasteiger partial charge in [0, 0.05) is 12.3 Å². The Morgan fingerprint density at radius 2 is 2.14 bits per heavy atom. The van der Waals surface area contributed by atoms with Crippen LogP contribution in [0.4, 0.5) is 4.39 Å². The standard InChI is InChI=1S/C14H18FN5S/c15-13-7-10(8-16)5-6-11(13)9-21-14-17-18-19-20(14)12-3-1-2-4-12/h5-7,12H,1-4,8-9,16H2. The van der Waals surface area contributed by atoms with Crippen molar-refractivity contribution in [3.05, 3.63) is 35.1 Å². The van der Waals surface area contributed by atoms with E-state index >= 15 is 0 Å². The molecule has 0 radical (unpaired) electrons. The van der Waals surface area contributed by atoms with E-state index in [1.54, 1.807) is 6.07 Å². The van der Waals surface area contributed by atoms with E-state index in [1.165, 1.54) is 30.7 Å². The summed E-state index contributed by atoms with van der Waals surface area (Å²) >= 11 is 1.48. The Labute approximate surface area is 127 Å². The van der Waals surface area contributed by atoms with E-state index in [2.05, 4.69) is 15.5 Å². The van der Waals surface area contributed by atoms with Gasteiger partial charge in [0.1, 0.15) is 5.82 Å². The Morgan fingerprint density at radius 1 is 1.33 bits per heavy atom. The summed E-state index contributed by atoms with van der Waals surface area (Å²) in [6, 6.07) is 5.54. The molecule has 0 amide bonds. The largest absolute Gasteiger partial charge is 0.326 e. The minimum absolute atomic E-state index is 0.217. The zero-order valence-electron chi connectivity index (χ0n) is 11.7. The predicted molar refractivity (Wildman–Crippen MR) is 79.2 cm³/mol. The number of thioether (sulfide) groups is 1. The number of nitrogens with zero attached hydrogens (tertiary/aromatic N) is 4. The lowest BCUT2D eigenvalue weighted by atomic mass is 10.1. The van der Waals surface area contributed by atoms with Gasteiger partial charge in [0.05, 0.1) is 6.04 Å². The molecular formula is C14H18FN5S. The fourth-order valence-corrected chi connectivity index (χ4v) is 3.57. The Bertz CT molecular complexity index is 609. The molecule has 1 aromatic carbocycles. The summed E-state index contributed by atoms with van der Waals surface area (Å²) < 4.78 is 15.8. The van der Waals surface area contributed by atoms with Gasteiger partial charge in [0.25, 0.3) is 0 Å². The minimum atomic E-state index is -0.217. The van der Waals surface area contributed by atoms with Crippen LogP contribution >= 0.6 is 11.8 Å². The van der Waals surface area contributed by atoms with Gasteiger partial charge in [-0.2, -0.15) is 0 Å². The van der Waals surface area contributed by atoms with Crippen LogP contribution in [-0.2, 0) is 12.3 Å². The van der Waals surface area contributed by atoms with E-state index in [0.29, 0.717) is 23.9 Å². The summed E-state index contributed by atoms with van der Waals surface area (Å²) in [5.74, 6) is 0.300. The number of hydrogen-bond acceptors (Lipinski definition) is 5. The van der Waals surface area contributed by atoms with Crippen LogP contribution in [0.3, 0.4) is 0 Å². The third-order valence-corrected chi connectivity index (χ3v) is 4.83. The second-order valence-corrected chi connectivity index (χ2v) is 6.21. The van der Waals surface area contributed by atoms with Crippen molar-refractivity contribution in [1.82, 2.24) is 20.2 Å². The van der Waals surface area contributed by atoms with Crippen molar-refractivity contribution in [3.63, 3.8) is 0 Å². The van der Waals surface area contributed by atoms with Crippen LogP contribution in [0.1, 0.15) is 42.9 Å². The molecule has 3 rings (SSSR count). The van der Waals surface area contributed by atoms with Gasteiger partial charge >= 0.3 is 0 Å². The van der Waals surface area contributed by atoms with Crippen molar-refractivity contribution < 1.29 is 4.39 Å². The Kier molecular flexibility index (Phi) is 4.50. The van der Waals surface area contributed by atoms with Crippen molar-refractivity contribution in [2.45, 2.75) is 49.2 Å². The first-order valence-corrected chi connectivity index (χ1v) is 8.14. The molecule has 0 aliphatic heterocycles. The van der Waals surface area contributed by atoms with Gasteiger partial charge in [-0.15, -0.1) is 5.10 Å². The molecular weight excluding hydrogens is 289 g/mol. The topological polar surface area (TPSA) is 69.6 Å². The quantitative estimate of drug-likeness (QED) is 0.860. The van der Waals surface area contributed by atoms with Gasteiger partial charge in [-0.05, 0) is 40.5 Å². The first kappa shape index (κ1) is 14.5. The maximum atomic E-state index is 13.9. The smallest absolute Gasteiger partial charge is 0.209 e. The Morgan fingerprint density at radius 3 is 2.86 bits per heavy atom. The van der Waals surface area contributed by atoms with Gasteiger partial charge in [-0.1, -0.05) is 36.7 Å². The normalized spacial score (nSPS) is 15.7. The number of halogens is 1. The van der Waals surface area contributed by atoms with E-state index in [4.69, 9.17) is 5.73 Å². The highest BCUT2D eigenvalue weighted by molar-refractivity contribution is 7.98. The fraction of sp³-hybridized carbons (Fsp3) is 0.500. The maximum absolute atomic E-state index is 13.9. The van der Waals surface area contributed by atoms with Gasteiger partial charge in [0.2, 0.25) is 5.16 Å². The van der Waals surface area contributed by atoms with Crippen molar-refractivity contribution in [1.29, 1.82) is 0 Å². The number of nitrogens with two attached hydrogens (primary N) is 1. The Hall–Kier alpha value is -1.47. The molecule has 7 heteroatoms. The number of tetrazole rings is 1. The predicted octanol–water partition coefficient (Wildman–Crippen LogP) is 2.68. The molecule has 1 aliphatic rings. The van der Waals surface area contributed by atoms with E-state index in [-0.39, 0.29) is 5.82 Å². The lowest BCUT2D eigenvalue weighted by Gasteiger charge is -2.11. The van der Waals surface area contributed by atoms with Crippen LogP contribution in [0.2, 0.25) is 0 Å². The van der Waals surface area contributed by atoms with E-state index in [1.807, 2.05) is 10.7 Å². The highest BCUT2D eigenvalue weighted by Crippen LogP contribution is 2.32. The molecule has 21 heavy (non-hydrogen) atoms. The molecule has 1 aromatic heterocycles. The van der Waals surface area contributed by atoms with Crippen LogP contribution in [0.15, 0.2) is 23.4 Å². The van der Waals surface area contributed by atoms with Gasteiger partial charge < -0.3 is 5.73 Å². The second-order valence-electron chi connectivity index (χ2n) is 5.26. The third-order valence-electron chi connectivity index (χ3n) is 3.84. The third kappa shape index (κ3) is 3.24. The highest BCUT2D eigenvalue weighted by Gasteiger charge is 2.21. The van der Waals surface area contributed by atoms with Crippen molar-refractivity contribution in [2.24, 2.45) is 5.73 Å². The zero-order chi connectivity index (χ0) is 14.7. The van der Waals surface area contributed by atoms with Crippen molar-refractivity contribution in [3.8, 4) is 0 Å². The summed E-state index contributed by atoms with van der Waals surface area (Å²) in [4.78, 5) is 0. The first-order valence-electron chi connectivity index (χ1n) is 7.16. The van der Waals surface area contributed by atoms with Crippen LogP contribution in [-0.4, -0.2) is 20.2 Å². The summed E-state index contributed by atoms with van der Waals surface area (Å²) in [7, 11) is 0. The molecule has 1 saturated carbocycles. The highest BCUT2D eigenvalue weighted by atomic mass is 32.2. The maximum Gasteiger partial charge on any atom is 0.209 e. The molecule has 2 N–H and O–H groups in total. The summed E-state index contributed by atoms with van der Waals surface area (Å²) in [5, 5.41) is 12.7. The van der Waals surface area contributed by atoms with E-state index in [9.17, 15) is 4.39 Å². The first-order chi connectivity index (χ1) is 10.3. The average molecular weight is 307 g/mol. The molecule has 112 valence electrons. The summed E-state index contributed by atoms with van der Waals surface area (Å²) in [5.41, 5.74) is 6.96. The lowest BCUT2D eigenvalue weighted by Crippen LogP contribution is -2.08. The summed E-state index contributed by atoms with van der Waals surface area (Å²) in [6.07, 6.45) is 4.70. The molecule has 5 nitrogen and oxygen atoms in total. The Balaban J connectivity index is 1.69. The van der Waals surface area contributed by atoms with E-state index in [0.717, 1.165) is 23.6 Å². The van der Waals surface area contributed by atoms with Crippen molar-refractivity contribution in [2.75, 3.05) is 0 Å². The van der Waals surface area contributed by atoms with E-state index < -0.39 is 0 Å². The van der Waals surface area contributed by atoms with Crippen molar-refractivity contribution >= 4 is 11.8 Å². The van der Waals surface area contributed by atoms with Crippen LogP contribution < -0.4 is 5.73 Å². The van der Waals surface area contributed by atoms with Crippen LogP contribution in [0, 0.1) is 5.82 Å². The average Bonchev–Trinajstić information content (AvgIpc) is 3.16. The van der Waals surface area contributed by atoms with Crippen LogP contribution in [0.25, 0.3) is 0 Å². The molecule has 0 atom stereocenters. The number of rotatable bonds is 5. The fourth-order valence-electron chi connectivity index (χ4n) is 2.64. The molecule has 1 fully saturated rings. The van der Waals surface area contributed by atoms with Gasteiger partial charge in [-0.3, -0.25) is 0 Å². The summed E-state index contributed by atoms with van der Waals surface area (Å²) in [6.45, 7) is 0.351. The molecule has 1 aliphatic carbocycles. The molecule has 0 unspecified atom stereocenters. The van der Waals surface area contributed by atoms with Gasteiger partial charge in [0.15, 0.2) is 0 Å². The molecule has 2 aromatic rings. The van der Waals surface area contributed by atoms with Gasteiger partial charge in [-0.25, -0.2) is 9.07 Å². The lowest BCUT2D eigenvalue weighted by molar-refractivity contribution is 0.423. The molecule has 0 saturated heterocycles. The molecule has 1 heterocycles. The van der Waals surface area contributed by atoms with Crippen LogP contribution in [0.5, 0.6) is 0 Å².